The standard InChI is InChI=1S/C12H18FN3/c1-8(2)10(4-5-13)11-6-9(15-3)7-16-12(11)14/h4-8,10,15H,1-3H3,(H2,14,16)/b5-4+/t10-/m0/s1. The van der Waals surface area contributed by atoms with Crippen molar-refractivity contribution in [3.8, 4) is 0 Å². The molecule has 1 atom stereocenters. The average Bonchev–Trinajstić information content (AvgIpc) is 2.27. The third kappa shape index (κ3) is 2.72. The molecule has 1 aromatic heterocycles. The SMILES string of the molecule is CNc1cnc(N)c([C@@H](/C=C/F)C(C)C)c1. The van der Waals surface area contributed by atoms with Gasteiger partial charge in [-0.1, -0.05) is 13.8 Å². The lowest BCUT2D eigenvalue weighted by Crippen LogP contribution is -2.09. The molecule has 1 heterocycles. The number of pyridine rings is 1. The van der Waals surface area contributed by atoms with E-state index in [0.717, 1.165) is 11.3 Å². The van der Waals surface area contributed by atoms with Crippen molar-refractivity contribution in [2.75, 3.05) is 18.1 Å². The van der Waals surface area contributed by atoms with Crippen LogP contribution < -0.4 is 11.1 Å². The lowest BCUT2D eigenvalue weighted by atomic mass is 9.88. The predicted octanol–water partition coefficient (Wildman–Crippen LogP) is 2.93. The van der Waals surface area contributed by atoms with Crippen LogP contribution in [0.3, 0.4) is 0 Å². The maximum atomic E-state index is 12.3. The zero-order valence-corrected chi connectivity index (χ0v) is 9.87. The predicted molar refractivity (Wildman–Crippen MR) is 66.0 cm³/mol. The Morgan fingerprint density at radius 2 is 2.19 bits per heavy atom. The van der Waals surface area contributed by atoms with Crippen molar-refractivity contribution in [2.24, 2.45) is 5.92 Å². The summed E-state index contributed by atoms with van der Waals surface area (Å²) in [5.41, 5.74) is 7.55. The van der Waals surface area contributed by atoms with Crippen LogP contribution in [0, 0.1) is 5.92 Å². The van der Waals surface area contributed by atoms with E-state index in [9.17, 15) is 4.39 Å². The first-order valence-corrected chi connectivity index (χ1v) is 5.30. The molecule has 0 fully saturated rings. The van der Waals surface area contributed by atoms with E-state index < -0.39 is 0 Å². The molecule has 16 heavy (non-hydrogen) atoms. The van der Waals surface area contributed by atoms with Crippen molar-refractivity contribution in [3.05, 3.63) is 30.2 Å². The van der Waals surface area contributed by atoms with E-state index in [-0.39, 0.29) is 11.8 Å². The van der Waals surface area contributed by atoms with E-state index in [0.29, 0.717) is 12.1 Å². The van der Waals surface area contributed by atoms with E-state index in [2.05, 4.69) is 10.3 Å². The summed E-state index contributed by atoms with van der Waals surface area (Å²) in [6, 6.07) is 1.91. The lowest BCUT2D eigenvalue weighted by Gasteiger charge is -2.19. The molecule has 4 heteroatoms. The molecule has 0 aliphatic heterocycles. The first kappa shape index (κ1) is 12.5. The Morgan fingerprint density at radius 3 is 2.69 bits per heavy atom. The van der Waals surface area contributed by atoms with Crippen LogP contribution in [0.25, 0.3) is 0 Å². The molecule has 0 bridgehead atoms. The fraction of sp³-hybridized carbons (Fsp3) is 0.417. The van der Waals surface area contributed by atoms with E-state index in [4.69, 9.17) is 5.73 Å². The Kier molecular flexibility index (Phi) is 4.28. The molecule has 88 valence electrons. The van der Waals surface area contributed by atoms with Crippen LogP contribution in [0.5, 0.6) is 0 Å². The molecule has 0 saturated carbocycles. The van der Waals surface area contributed by atoms with Crippen LogP contribution in [0.2, 0.25) is 0 Å². The number of allylic oxidation sites excluding steroid dienone is 1. The summed E-state index contributed by atoms with van der Waals surface area (Å²) < 4.78 is 12.3. The summed E-state index contributed by atoms with van der Waals surface area (Å²) in [7, 11) is 1.81. The fourth-order valence-corrected chi connectivity index (χ4v) is 1.66. The number of nitrogens with one attached hydrogen (secondary N) is 1. The second-order valence-corrected chi connectivity index (χ2v) is 4.04. The van der Waals surface area contributed by atoms with Crippen LogP contribution in [0.15, 0.2) is 24.7 Å². The van der Waals surface area contributed by atoms with Gasteiger partial charge < -0.3 is 11.1 Å². The number of aromatic nitrogens is 1. The molecule has 0 spiro atoms. The highest BCUT2D eigenvalue weighted by molar-refractivity contribution is 5.53. The number of nitrogen functional groups attached to an aromatic ring is 1. The molecule has 1 aromatic rings. The normalized spacial score (nSPS) is 13.3. The number of halogens is 1. The summed E-state index contributed by atoms with van der Waals surface area (Å²) in [6.45, 7) is 4.05. The lowest BCUT2D eigenvalue weighted by molar-refractivity contribution is 0.568. The zero-order chi connectivity index (χ0) is 12.1. The van der Waals surface area contributed by atoms with Crippen molar-refractivity contribution in [1.29, 1.82) is 0 Å². The maximum Gasteiger partial charge on any atom is 0.127 e. The van der Waals surface area contributed by atoms with Gasteiger partial charge in [0.2, 0.25) is 0 Å². The molecule has 0 aliphatic rings. The Morgan fingerprint density at radius 1 is 1.50 bits per heavy atom. The largest absolute Gasteiger partial charge is 0.387 e. The summed E-state index contributed by atoms with van der Waals surface area (Å²) >= 11 is 0. The minimum atomic E-state index is -0.0502. The molecule has 1 rings (SSSR count). The van der Waals surface area contributed by atoms with Gasteiger partial charge in [0, 0.05) is 18.5 Å². The second-order valence-electron chi connectivity index (χ2n) is 4.04. The number of rotatable bonds is 4. The third-order valence-corrected chi connectivity index (χ3v) is 2.60. The van der Waals surface area contributed by atoms with E-state index in [1.54, 1.807) is 6.20 Å². The van der Waals surface area contributed by atoms with Crippen molar-refractivity contribution in [3.63, 3.8) is 0 Å². The van der Waals surface area contributed by atoms with Crippen molar-refractivity contribution in [1.82, 2.24) is 4.98 Å². The molecular formula is C12H18FN3. The van der Waals surface area contributed by atoms with Gasteiger partial charge in [0.15, 0.2) is 0 Å². The van der Waals surface area contributed by atoms with Crippen LogP contribution in [0.4, 0.5) is 15.9 Å². The van der Waals surface area contributed by atoms with Crippen LogP contribution >= 0.6 is 0 Å². The number of nitrogens with zero attached hydrogens (tertiary/aromatic N) is 1. The zero-order valence-electron chi connectivity index (χ0n) is 9.87. The van der Waals surface area contributed by atoms with E-state index in [1.807, 2.05) is 27.0 Å². The molecule has 0 aromatic carbocycles. The van der Waals surface area contributed by atoms with Crippen LogP contribution in [-0.4, -0.2) is 12.0 Å². The number of anilines is 2. The van der Waals surface area contributed by atoms with Crippen LogP contribution in [-0.2, 0) is 0 Å². The molecule has 0 aliphatic carbocycles. The summed E-state index contributed by atoms with van der Waals surface area (Å²) in [5, 5.41) is 2.99. The van der Waals surface area contributed by atoms with Gasteiger partial charge in [-0.15, -0.1) is 0 Å². The van der Waals surface area contributed by atoms with Gasteiger partial charge in [-0.3, -0.25) is 0 Å². The molecular weight excluding hydrogens is 205 g/mol. The third-order valence-electron chi connectivity index (χ3n) is 2.60. The molecule has 0 saturated heterocycles. The molecule has 0 radical (unpaired) electrons. The van der Waals surface area contributed by atoms with Crippen molar-refractivity contribution in [2.45, 2.75) is 19.8 Å². The fourth-order valence-electron chi connectivity index (χ4n) is 1.66. The first-order chi connectivity index (χ1) is 7.60. The van der Waals surface area contributed by atoms with Gasteiger partial charge in [-0.05, 0) is 18.1 Å². The quantitative estimate of drug-likeness (QED) is 0.825. The van der Waals surface area contributed by atoms with Gasteiger partial charge in [0.1, 0.15) is 5.82 Å². The summed E-state index contributed by atoms with van der Waals surface area (Å²) in [5.74, 6) is 0.671. The van der Waals surface area contributed by atoms with Crippen LogP contribution in [0.1, 0.15) is 25.3 Å². The summed E-state index contributed by atoms with van der Waals surface area (Å²) in [6.07, 6.45) is 3.74. The highest BCUT2D eigenvalue weighted by Crippen LogP contribution is 2.30. The smallest absolute Gasteiger partial charge is 0.127 e. The number of hydrogen-bond acceptors (Lipinski definition) is 3. The highest BCUT2D eigenvalue weighted by Gasteiger charge is 2.16. The van der Waals surface area contributed by atoms with Gasteiger partial charge in [-0.25, -0.2) is 9.37 Å². The highest BCUT2D eigenvalue weighted by atomic mass is 19.1. The Balaban J connectivity index is 3.16. The minimum absolute atomic E-state index is 0.0502. The van der Waals surface area contributed by atoms with Gasteiger partial charge >= 0.3 is 0 Å². The maximum absolute atomic E-state index is 12.3. The van der Waals surface area contributed by atoms with E-state index in [1.165, 1.54) is 6.08 Å². The first-order valence-electron chi connectivity index (χ1n) is 5.30. The Labute approximate surface area is 95.6 Å². The topological polar surface area (TPSA) is 50.9 Å². The monoisotopic (exact) mass is 223 g/mol. The Hall–Kier alpha value is -1.58. The van der Waals surface area contributed by atoms with Crippen molar-refractivity contribution >= 4 is 11.5 Å². The van der Waals surface area contributed by atoms with Gasteiger partial charge in [0.05, 0.1) is 18.2 Å². The van der Waals surface area contributed by atoms with Gasteiger partial charge in [-0.2, -0.15) is 0 Å². The minimum Gasteiger partial charge on any atom is -0.387 e. The molecule has 0 amide bonds. The summed E-state index contributed by atoms with van der Waals surface area (Å²) in [4.78, 5) is 4.09. The molecule has 3 nitrogen and oxygen atoms in total. The number of nitrogens with two attached hydrogens (primary N) is 1. The average molecular weight is 223 g/mol. The van der Waals surface area contributed by atoms with Crippen molar-refractivity contribution < 1.29 is 4.39 Å². The number of hydrogen-bond donors (Lipinski definition) is 2. The molecule has 0 unspecified atom stereocenters. The van der Waals surface area contributed by atoms with E-state index >= 15 is 0 Å². The van der Waals surface area contributed by atoms with Gasteiger partial charge in [0.25, 0.3) is 0 Å². The second kappa shape index (κ2) is 5.49. The Bertz CT molecular complexity index is 375. The molecule has 3 N–H and O–H groups in total.